The lowest BCUT2D eigenvalue weighted by Gasteiger charge is -2.16. The number of carboxylic acids is 1. The average molecular weight is 254 g/mol. The van der Waals surface area contributed by atoms with Crippen LogP contribution in [0.25, 0.3) is 0 Å². The standard InChI is InChI=1S/C11H18N4O3/c1-4-5-7-12-9(15-14-7)10(16)13-8(6(2)3)11(17)18/h6,8H,4-5H2,1-3H3,(H,13,16)(H,17,18)(H,12,14,15)/t8-/m0/s1. The minimum atomic E-state index is -1.07. The van der Waals surface area contributed by atoms with Crippen LogP contribution in [0.15, 0.2) is 0 Å². The number of aromatic amines is 1. The third-order valence-corrected chi connectivity index (χ3v) is 2.44. The molecule has 100 valence electrons. The van der Waals surface area contributed by atoms with Crippen LogP contribution in [0.5, 0.6) is 0 Å². The Morgan fingerprint density at radius 1 is 1.44 bits per heavy atom. The van der Waals surface area contributed by atoms with Gasteiger partial charge in [0.1, 0.15) is 11.9 Å². The molecule has 0 unspecified atom stereocenters. The van der Waals surface area contributed by atoms with Crippen molar-refractivity contribution >= 4 is 11.9 Å². The summed E-state index contributed by atoms with van der Waals surface area (Å²) < 4.78 is 0. The fraction of sp³-hybridized carbons (Fsp3) is 0.636. The summed E-state index contributed by atoms with van der Waals surface area (Å²) in [4.78, 5) is 26.7. The molecule has 7 heteroatoms. The SMILES string of the molecule is CCCc1nc(C(=O)N[C@H](C(=O)O)C(C)C)n[nH]1. The topological polar surface area (TPSA) is 108 Å². The van der Waals surface area contributed by atoms with E-state index in [0.717, 1.165) is 6.42 Å². The maximum absolute atomic E-state index is 11.8. The number of carbonyl (C=O) groups excluding carboxylic acids is 1. The first-order chi connectivity index (χ1) is 8.45. The van der Waals surface area contributed by atoms with Gasteiger partial charge in [0.15, 0.2) is 0 Å². The summed E-state index contributed by atoms with van der Waals surface area (Å²) in [6.45, 7) is 5.43. The van der Waals surface area contributed by atoms with Gasteiger partial charge in [-0.2, -0.15) is 0 Å². The van der Waals surface area contributed by atoms with E-state index in [1.165, 1.54) is 0 Å². The molecule has 1 rings (SSSR count). The van der Waals surface area contributed by atoms with Gasteiger partial charge in [-0.1, -0.05) is 20.8 Å². The van der Waals surface area contributed by atoms with E-state index in [1.807, 2.05) is 6.92 Å². The second kappa shape index (κ2) is 6.13. The quantitative estimate of drug-likeness (QED) is 0.688. The van der Waals surface area contributed by atoms with Crippen molar-refractivity contribution in [2.24, 2.45) is 5.92 Å². The van der Waals surface area contributed by atoms with Gasteiger partial charge in [-0.25, -0.2) is 9.78 Å². The summed E-state index contributed by atoms with van der Waals surface area (Å²) >= 11 is 0. The lowest BCUT2D eigenvalue weighted by Crippen LogP contribution is -2.44. The van der Waals surface area contributed by atoms with Gasteiger partial charge < -0.3 is 10.4 Å². The molecule has 1 heterocycles. The number of hydrogen-bond acceptors (Lipinski definition) is 4. The van der Waals surface area contributed by atoms with Crippen LogP contribution in [-0.2, 0) is 11.2 Å². The normalized spacial score (nSPS) is 12.4. The van der Waals surface area contributed by atoms with E-state index in [-0.39, 0.29) is 11.7 Å². The van der Waals surface area contributed by atoms with Crippen LogP contribution in [0.1, 0.15) is 43.6 Å². The molecule has 3 N–H and O–H groups in total. The van der Waals surface area contributed by atoms with Crippen molar-refractivity contribution in [3.8, 4) is 0 Å². The van der Waals surface area contributed by atoms with E-state index >= 15 is 0 Å². The molecule has 0 aromatic carbocycles. The summed E-state index contributed by atoms with van der Waals surface area (Å²) in [5.74, 6) is -1.25. The number of hydrogen-bond donors (Lipinski definition) is 3. The molecular formula is C11H18N4O3. The molecule has 0 bridgehead atoms. The Kier molecular flexibility index (Phi) is 4.82. The first-order valence-electron chi connectivity index (χ1n) is 5.90. The number of carbonyl (C=O) groups is 2. The Hall–Kier alpha value is -1.92. The summed E-state index contributed by atoms with van der Waals surface area (Å²) in [6, 6.07) is -0.939. The molecule has 0 spiro atoms. The third kappa shape index (κ3) is 3.54. The maximum atomic E-state index is 11.8. The number of carboxylic acid groups (broad SMARTS) is 1. The summed E-state index contributed by atoms with van der Waals surface area (Å²) in [5, 5.41) is 17.8. The molecule has 0 saturated carbocycles. The molecule has 0 fully saturated rings. The maximum Gasteiger partial charge on any atom is 0.326 e. The van der Waals surface area contributed by atoms with Gasteiger partial charge in [0.05, 0.1) is 0 Å². The predicted molar refractivity (Wildman–Crippen MR) is 64.1 cm³/mol. The van der Waals surface area contributed by atoms with Crippen LogP contribution in [0, 0.1) is 5.92 Å². The number of aryl methyl sites for hydroxylation is 1. The van der Waals surface area contributed by atoms with Gasteiger partial charge >= 0.3 is 5.97 Å². The zero-order valence-corrected chi connectivity index (χ0v) is 10.7. The number of rotatable bonds is 6. The largest absolute Gasteiger partial charge is 0.480 e. The zero-order valence-electron chi connectivity index (χ0n) is 10.7. The Balaban J connectivity index is 2.71. The van der Waals surface area contributed by atoms with Gasteiger partial charge in [-0.15, -0.1) is 5.10 Å². The smallest absolute Gasteiger partial charge is 0.326 e. The summed E-state index contributed by atoms with van der Waals surface area (Å²) in [7, 11) is 0. The van der Waals surface area contributed by atoms with Crippen LogP contribution in [0.3, 0.4) is 0 Å². The monoisotopic (exact) mass is 254 g/mol. The highest BCUT2D eigenvalue weighted by atomic mass is 16.4. The Morgan fingerprint density at radius 2 is 2.11 bits per heavy atom. The Bertz CT molecular complexity index is 428. The van der Waals surface area contributed by atoms with Crippen LogP contribution in [0.4, 0.5) is 0 Å². The third-order valence-electron chi connectivity index (χ3n) is 2.44. The van der Waals surface area contributed by atoms with Gasteiger partial charge in [0, 0.05) is 6.42 Å². The number of aliphatic carboxylic acids is 1. The highest BCUT2D eigenvalue weighted by Gasteiger charge is 2.25. The Labute approximate surface area is 105 Å². The fourth-order valence-corrected chi connectivity index (χ4v) is 1.46. The van der Waals surface area contributed by atoms with Crippen molar-refractivity contribution in [2.45, 2.75) is 39.7 Å². The van der Waals surface area contributed by atoms with E-state index in [0.29, 0.717) is 12.2 Å². The van der Waals surface area contributed by atoms with Crippen LogP contribution >= 0.6 is 0 Å². The molecule has 0 saturated heterocycles. The number of amides is 1. The van der Waals surface area contributed by atoms with E-state index in [9.17, 15) is 9.59 Å². The second-order valence-corrected chi connectivity index (χ2v) is 4.39. The van der Waals surface area contributed by atoms with Crippen molar-refractivity contribution in [1.82, 2.24) is 20.5 Å². The highest BCUT2D eigenvalue weighted by Crippen LogP contribution is 2.03. The predicted octanol–water partition coefficient (Wildman–Crippen LogP) is 0.596. The van der Waals surface area contributed by atoms with E-state index in [2.05, 4.69) is 20.5 Å². The Morgan fingerprint density at radius 3 is 2.61 bits per heavy atom. The summed E-state index contributed by atoms with van der Waals surface area (Å²) in [6.07, 6.45) is 1.59. The molecule has 1 amide bonds. The molecule has 1 aromatic rings. The van der Waals surface area contributed by atoms with Gasteiger partial charge in [-0.05, 0) is 12.3 Å². The van der Waals surface area contributed by atoms with E-state index in [4.69, 9.17) is 5.11 Å². The molecule has 0 aliphatic carbocycles. The van der Waals surface area contributed by atoms with Crippen molar-refractivity contribution in [1.29, 1.82) is 0 Å². The van der Waals surface area contributed by atoms with Crippen molar-refractivity contribution in [3.05, 3.63) is 11.6 Å². The second-order valence-electron chi connectivity index (χ2n) is 4.39. The van der Waals surface area contributed by atoms with Crippen LogP contribution in [-0.4, -0.2) is 38.2 Å². The fourth-order valence-electron chi connectivity index (χ4n) is 1.46. The molecule has 0 aliphatic rings. The zero-order chi connectivity index (χ0) is 13.7. The van der Waals surface area contributed by atoms with E-state index < -0.39 is 17.9 Å². The molecule has 7 nitrogen and oxygen atoms in total. The lowest BCUT2D eigenvalue weighted by molar-refractivity contribution is -0.140. The minimum absolute atomic E-state index is 0.0228. The average Bonchev–Trinajstić information content (AvgIpc) is 2.73. The number of nitrogens with zero attached hydrogens (tertiary/aromatic N) is 2. The molecule has 0 radical (unpaired) electrons. The van der Waals surface area contributed by atoms with Crippen molar-refractivity contribution in [2.75, 3.05) is 0 Å². The molecule has 1 atom stereocenters. The first-order valence-corrected chi connectivity index (χ1v) is 5.90. The van der Waals surface area contributed by atoms with Crippen LogP contribution in [0.2, 0.25) is 0 Å². The molecule has 0 aliphatic heterocycles. The van der Waals surface area contributed by atoms with Gasteiger partial charge in [0.2, 0.25) is 5.82 Å². The molecule has 1 aromatic heterocycles. The number of nitrogens with one attached hydrogen (secondary N) is 2. The van der Waals surface area contributed by atoms with Crippen molar-refractivity contribution in [3.63, 3.8) is 0 Å². The van der Waals surface area contributed by atoms with Crippen molar-refractivity contribution < 1.29 is 14.7 Å². The summed E-state index contributed by atoms with van der Waals surface area (Å²) in [5.41, 5.74) is 0. The molecule has 18 heavy (non-hydrogen) atoms. The first kappa shape index (κ1) is 14.1. The van der Waals surface area contributed by atoms with E-state index in [1.54, 1.807) is 13.8 Å². The number of aromatic nitrogens is 3. The highest BCUT2D eigenvalue weighted by molar-refractivity contribution is 5.93. The van der Waals surface area contributed by atoms with Gasteiger partial charge in [-0.3, -0.25) is 9.89 Å². The number of H-pyrrole nitrogens is 1. The minimum Gasteiger partial charge on any atom is -0.480 e. The van der Waals surface area contributed by atoms with Gasteiger partial charge in [0.25, 0.3) is 5.91 Å². The lowest BCUT2D eigenvalue weighted by atomic mass is 10.1. The van der Waals surface area contributed by atoms with Crippen LogP contribution < -0.4 is 5.32 Å². The molecular weight excluding hydrogens is 236 g/mol.